The fourth-order valence-electron chi connectivity index (χ4n) is 3.83. The largest absolute Gasteiger partial charge is 0.290 e. The number of carbonyl (C=O) groups is 2. The van der Waals surface area contributed by atoms with Crippen molar-refractivity contribution in [2.75, 3.05) is 0 Å². The lowest BCUT2D eigenvalue weighted by Gasteiger charge is -2.07. The predicted octanol–water partition coefficient (Wildman–Crippen LogP) is 6.55. The van der Waals surface area contributed by atoms with Gasteiger partial charge in [0.15, 0.2) is 11.6 Å². The van der Waals surface area contributed by atoms with Gasteiger partial charge in [-0.15, -0.1) is 0 Å². The van der Waals surface area contributed by atoms with Gasteiger partial charge < -0.3 is 0 Å². The van der Waals surface area contributed by atoms with Crippen LogP contribution in [0.25, 0.3) is 43.1 Å². The quantitative estimate of drug-likeness (QED) is 0.223. The lowest BCUT2D eigenvalue weighted by molar-refractivity contribution is -0.113. The molecule has 0 aromatic heterocycles. The number of benzene rings is 5. The molecule has 0 N–H and O–H groups in total. The van der Waals surface area contributed by atoms with Crippen LogP contribution in [0.5, 0.6) is 0 Å². The summed E-state index contributed by atoms with van der Waals surface area (Å²) in [4.78, 5) is 20.6. The van der Waals surface area contributed by atoms with E-state index in [1.807, 2.05) is 0 Å². The van der Waals surface area contributed by atoms with Crippen LogP contribution in [-0.4, -0.2) is 11.6 Å². The van der Waals surface area contributed by atoms with Gasteiger partial charge in [-0.25, -0.2) is 0 Å². The molecule has 0 saturated carbocycles. The van der Waals surface area contributed by atoms with Crippen LogP contribution in [0.4, 0.5) is 0 Å². The van der Waals surface area contributed by atoms with Gasteiger partial charge in [-0.05, 0) is 104 Å². The van der Waals surface area contributed by atoms with Gasteiger partial charge >= 0.3 is 0 Å². The topological polar surface area (TPSA) is 34.1 Å². The molecule has 0 unspecified atom stereocenters. The molecule has 142 valence electrons. The fraction of sp³-hybridized carbons (Fsp3) is 0. The van der Waals surface area contributed by atoms with Crippen LogP contribution in [0.15, 0.2) is 109 Å². The predicted molar refractivity (Wildman–Crippen MR) is 125 cm³/mol. The second-order valence-corrected chi connectivity index (χ2v) is 7.42. The molecule has 0 fully saturated rings. The summed E-state index contributed by atoms with van der Waals surface area (Å²) in [6.07, 6.45) is 5.01. The standard InChI is InChI=1S/C22H14.C6H4O2/c1-2-6-16-10-20-14-22-12-18-8-4-3-7-17(18)11-21(22)13-19(20)9-15(16)5-1;7-5-1-2-6(8)4-3-5/h1-14H;1-4H. The van der Waals surface area contributed by atoms with E-state index in [0.29, 0.717) is 0 Å². The van der Waals surface area contributed by atoms with Crippen LogP contribution < -0.4 is 0 Å². The monoisotopic (exact) mass is 386 g/mol. The van der Waals surface area contributed by atoms with Gasteiger partial charge in [-0.3, -0.25) is 9.59 Å². The van der Waals surface area contributed by atoms with E-state index >= 15 is 0 Å². The Kier molecular flexibility index (Phi) is 4.45. The number of hydrogen-bond acceptors (Lipinski definition) is 2. The summed E-state index contributed by atoms with van der Waals surface area (Å²) in [5.41, 5.74) is 0. The fourth-order valence-corrected chi connectivity index (χ4v) is 3.83. The maximum atomic E-state index is 10.3. The van der Waals surface area contributed by atoms with E-state index in [-0.39, 0.29) is 11.6 Å². The number of carbonyl (C=O) groups excluding carboxylic acids is 2. The van der Waals surface area contributed by atoms with Gasteiger partial charge in [0.2, 0.25) is 0 Å². The highest BCUT2D eigenvalue weighted by Gasteiger charge is 2.03. The van der Waals surface area contributed by atoms with Crippen molar-refractivity contribution in [1.29, 1.82) is 0 Å². The maximum absolute atomic E-state index is 10.3. The zero-order valence-electron chi connectivity index (χ0n) is 16.2. The van der Waals surface area contributed by atoms with Crippen molar-refractivity contribution in [2.24, 2.45) is 0 Å². The highest BCUT2D eigenvalue weighted by molar-refractivity contribution is 6.14. The Hall–Kier alpha value is -4.04. The molecule has 0 atom stereocenters. The van der Waals surface area contributed by atoms with Crippen LogP contribution in [0, 0.1) is 0 Å². The zero-order chi connectivity index (χ0) is 20.5. The summed E-state index contributed by atoms with van der Waals surface area (Å²) < 4.78 is 0. The van der Waals surface area contributed by atoms with Crippen molar-refractivity contribution in [3.8, 4) is 0 Å². The summed E-state index contributed by atoms with van der Waals surface area (Å²) >= 11 is 0. The second kappa shape index (κ2) is 7.41. The molecule has 0 aliphatic heterocycles. The molecule has 2 nitrogen and oxygen atoms in total. The number of ketones is 2. The molecule has 6 rings (SSSR count). The molecule has 5 aromatic carbocycles. The smallest absolute Gasteiger partial charge is 0.178 e. The van der Waals surface area contributed by atoms with Gasteiger partial charge in [0, 0.05) is 0 Å². The van der Waals surface area contributed by atoms with Crippen LogP contribution >= 0.6 is 0 Å². The Balaban J connectivity index is 0.000000205. The minimum Gasteiger partial charge on any atom is -0.290 e. The number of fused-ring (bicyclic) bond motifs is 4. The first kappa shape index (κ1) is 18.0. The van der Waals surface area contributed by atoms with Gasteiger partial charge in [0.05, 0.1) is 0 Å². The molecule has 0 saturated heterocycles. The lowest BCUT2D eigenvalue weighted by Crippen LogP contribution is -1.97. The second-order valence-electron chi connectivity index (χ2n) is 7.42. The van der Waals surface area contributed by atoms with Crippen molar-refractivity contribution in [3.05, 3.63) is 109 Å². The minimum atomic E-state index is -0.121. The van der Waals surface area contributed by atoms with E-state index in [2.05, 4.69) is 84.9 Å². The Labute approximate surface area is 173 Å². The first-order valence-electron chi connectivity index (χ1n) is 9.85. The molecule has 0 heterocycles. The number of rotatable bonds is 0. The lowest BCUT2D eigenvalue weighted by atomic mass is 9.97. The Morgan fingerprint density at radius 1 is 0.333 bits per heavy atom. The molecular formula is C28H18O2. The third-order valence-corrected chi connectivity index (χ3v) is 5.35. The maximum Gasteiger partial charge on any atom is 0.178 e. The Morgan fingerprint density at radius 3 is 0.833 bits per heavy atom. The molecule has 2 heteroatoms. The molecule has 30 heavy (non-hydrogen) atoms. The highest BCUT2D eigenvalue weighted by Crippen LogP contribution is 2.29. The SMILES string of the molecule is O=C1C=CC(=O)C=C1.c1ccc2cc3cc4cc5ccccc5cc4cc3cc2c1. The van der Waals surface area contributed by atoms with Gasteiger partial charge in [0.25, 0.3) is 0 Å². The van der Waals surface area contributed by atoms with Crippen molar-refractivity contribution in [3.63, 3.8) is 0 Å². The molecule has 0 bridgehead atoms. The molecule has 0 radical (unpaired) electrons. The van der Waals surface area contributed by atoms with Crippen LogP contribution in [0.3, 0.4) is 0 Å². The van der Waals surface area contributed by atoms with Crippen LogP contribution in [0.1, 0.15) is 0 Å². The average molecular weight is 386 g/mol. The number of allylic oxidation sites excluding steroid dienone is 4. The summed E-state index contributed by atoms with van der Waals surface area (Å²) in [5.74, 6) is -0.241. The van der Waals surface area contributed by atoms with Crippen molar-refractivity contribution in [2.45, 2.75) is 0 Å². The molecule has 5 aromatic rings. The molecule has 0 spiro atoms. The summed E-state index contributed by atoms with van der Waals surface area (Å²) in [5, 5.41) is 10.4. The van der Waals surface area contributed by atoms with E-state index in [1.165, 1.54) is 67.4 Å². The minimum absolute atomic E-state index is 0.121. The van der Waals surface area contributed by atoms with Gasteiger partial charge in [-0.2, -0.15) is 0 Å². The molecule has 1 aliphatic rings. The van der Waals surface area contributed by atoms with Gasteiger partial charge in [0.1, 0.15) is 0 Å². The van der Waals surface area contributed by atoms with E-state index in [4.69, 9.17) is 0 Å². The van der Waals surface area contributed by atoms with Gasteiger partial charge in [-0.1, -0.05) is 48.5 Å². The first-order valence-corrected chi connectivity index (χ1v) is 9.85. The Bertz CT molecular complexity index is 1300. The molecule has 0 amide bonds. The van der Waals surface area contributed by atoms with Crippen molar-refractivity contribution < 1.29 is 9.59 Å². The third kappa shape index (κ3) is 3.51. The normalized spacial score (nSPS) is 13.2. The van der Waals surface area contributed by atoms with E-state index < -0.39 is 0 Å². The van der Waals surface area contributed by atoms with E-state index in [9.17, 15) is 9.59 Å². The van der Waals surface area contributed by atoms with Crippen molar-refractivity contribution >= 4 is 54.7 Å². The third-order valence-electron chi connectivity index (χ3n) is 5.35. The number of hydrogen-bond donors (Lipinski definition) is 0. The molecule has 1 aliphatic carbocycles. The van der Waals surface area contributed by atoms with E-state index in [0.717, 1.165) is 0 Å². The van der Waals surface area contributed by atoms with Crippen LogP contribution in [-0.2, 0) is 9.59 Å². The first-order chi connectivity index (χ1) is 14.7. The average Bonchev–Trinajstić information content (AvgIpc) is 2.77. The summed E-state index contributed by atoms with van der Waals surface area (Å²) in [6.45, 7) is 0. The highest BCUT2D eigenvalue weighted by atomic mass is 16.1. The molecular weight excluding hydrogens is 368 g/mol. The van der Waals surface area contributed by atoms with Crippen LogP contribution in [0.2, 0.25) is 0 Å². The summed E-state index contributed by atoms with van der Waals surface area (Å²) in [6, 6.07) is 30.9. The Morgan fingerprint density at radius 2 is 0.567 bits per heavy atom. The van der Waals surface area contributed by atoms with E-state index in [1.54, 1.807) is 0 Å². The summed E-state index contributed by atoms with van der Waals surface area (Å²) in [7, 11) is 0. The zero-order valence-corrected chi connectivity index (χ0v) is 16.2. The van der Waals surface area contributed by atoms with Crippen molar-refractivity contribution in [1.82, 2.24) is 0 Å².